The van der Waals surface area contributed by atoms with Gasteiger partial charge < -0.3 is 9.80 Å². The molecule has 0 bridgehead atoms. The fraction of sp³-hybridized carbons (Fsp3) is 0.500. The van der Waals surface area contributed by atoms with Crippen molar-refractivity contribution in [3.05, 3.63) is 34.9 Å². The normalized spacial score (nSPS) is 18.0. The molecule has 106 valence electrons. The number of hydrogen-bond acceptors (Lipinski definition) is 2. The lowest BCUT2D eigenvalue weighted by Crippen LogP contribution is -2.48. The average molecular weight is 272 g/mol. The van der Waals surface area contributed by atoms with Crippen molar-refractivity contribution in [2.24, 2.45) is 0 Å². The third-order valence-electron chi connectivity index (χ3n) is 4.33. The summed E-state index contributed by atoms with van der Waals surface area (Å²) in [5.74, 6) is 0.175. The molecule has 1 saturated heterocycles. The van der Waals surface area contributed by atoms with Crippen molar-refractivity contribution in [3.8, 4) is 0 Å². The van der Waals surface area contributed by atoms with Gasteiger partial charge >= 0.3 is 0 Å². The van der Waals surface area contributed by atoms with Gasteiger partial charge in [-0.1, -0.05) is 18.2 Å². The molecule has 1 aromatic rings. The van der Waals surface area contributed by atoms with Crippen LogP contribution in [0.2, 0.25) is 0 Å². The quantitative estimate of drug-likeness (QED) is 0.771. The number of carbonyl (C=O) groups is 2. The Hall–Kier alpha value is -1.84. The molecule has 0 aromatic heterocycles. The first-order valence-corrected chi connectivity index (χ1v) is 7.34. The van der Waals surface area contributed by atoms with Gasteiger partial charge in [-0.25, -0.2) is 0 Å². The lowest BCUT2D eigenvalue weighted by molar-refractivity contribution is -0.134. The van der Waals surface area contributed by atoms with Crippen LogP contribution in [0.25, 0.3) is 0 Å². The Morgan fingerprint density at radius 1 is 1.10 bits per heavy atom. The zero-order valence-electron chi connectivity index (χ0n) is 11.7. The van der Waals surface area contributed by atoms with E-state index in [0.717, 1.165) is 18.4 Å². The molecule has 0 atom stereocenters. The van der Waals surface area contributed by atoms with E-state index in [-0.39, 0.29) is 5.91 Å². The molecular formula is C16H20N2O2. The molecule has 1 aromatic carbocycles. The van der Waals surface area contributed by atoms with Crippen molar-refractivity contribution in [3.63, 3.8) is 0 Å². The van der Waals surface area contributed by atoms with Crippen LogP contribution >= 0.6 is 0 Å². The van der Waals surface area contributed by atoms with Crippen molar-refractivity contribution in [2.75, 3.05) is 26.2 Å². The van der Waals surface area contributed by atoms with Crippen LogP contribution in [0.5, 0.6) is 0 Å². The first kappa shape index (κ1) is 13.2. The molecule has 20 heavy (non-hydrogen) atoms. The van der Waals surface area contributed by atoms with E-state index in [0.29, 0.717) is 32.6 Å². The molecule has 4 nitrogen and oxygen atoms in total. The first-order valence-electron chi connectivity index (χ1n) is 7.34. The second-order valence-corrected chi connectivity index (χ2v) is 5.66. The smallest absolute Gasteiger partial charge is 0.227 e. The van der Waals surface area contributed by atoms with Crippen LogP contribution in [-0.4, -0.2) is 48.3 Å². The summed E-state index contributed by atoms with van der Waals surface area (Å²) in [5.41, 5.74) is 3.98. The van der Waals surface area contributed by atoms with Gasteiger partial charge in [0, 0.05) is 26.2 Å². The average Bonchev–Trinajstić information content (AvgIpc) is 2.95. The van der Waals surface area contributed by atoms with Gasteiger partial charge in [-0.15, -0.1) is 0 Å². The maximum atomic E-state index is 12.3. The van der Waals surface area contributed by atoms with Gasteiger partial charge in [-0.05, 0) is 36.0 Å². The molecule has 1 fully saturated rings. The Morgan fingerprint density at radius 3 is 2.60 bits per heavy atom. The van der Waals surface area contributed by atoms with Gasteiger partial charge in [0.2, 0.25) is 12.3 Å². The van der Waals surface area contributed by atoms with Crippen molar-refractivity contribution in [1.82, 2.24) is 9.80 Å². The number of carbonyl (C=O) groups excluding carboxylic acids is 2. The van der Waals surface area contributed by atoms with E-state index in [9.17, 15) is 9.59 Å². The van der Waals surface area contributed by atoms with Gasteiger partial charge in [0.05, 0.1) is 6.42 Å². The number of nitrogens with zero attached hydrogens (tertiary/aromatic N) is 2. The van der Waals surface area contributed by atoms with Crippen LogP contribution in [0, 0.1) is 0 Å². The highest BCUT2D eigenvalue weighted by atomic mass is 16.2. The number of benzene rings is 1. The maximum Gasteiger partial charge on any atom is 0.227 e. The lowest BCUT2D eigenvalue weighted by Gasteiger charge is -2.32. The van der Waals surface area contributed by atoms with E-state index in [2.05, 4.69) is 18.2 Å². The van der Waals surface area contributed by atoms with Crippen molar-refractivity contribution < 1.29 is 9.59 Å². The number of aryl methyl sites for hydroxylation is 2. The van der Waals surface area contributed by atoms with E-state index in [1.54, 1.807) is 4.90 Å². The predicted molar refractivity (Wildman–Crippen MR) is 76.4 cm³/mol. The van der Waals surface area contributed by atoms with E-state index < -0.39 is 0 Å². The third-order valence-corrected chi connectivity index (χ3v) is 4.33. The fourth-order valence-electron chi connectivity index (χ4n) is 3.10. The van der Waals surface area contributed by atoms with Crippen LogP contribution in [0.3, 0.4) is 0 Å². The summed E-state index contributed by atoms with van der Waals surface area (Å²) in [6.07, 6.45) is 4.91. The molecule has 0 spiro atoms. The Balaban J connectivity index is 1.60. The van der Waals surface area contributed by atoms with E-state index in [1.807, 2.05) is 4.90 Å². The fourth-order valence-corrected chi connectivity index (χ4v) is 3.10. The Kier molecular flexibility index (Phi) is 3.72. The first-order chi connectivity index (χ1) is 9.76. The van der Waals surface area contributed by atoms with Gasteiger partial charge in [0.25, 0.3) is 0 Å². The zero-order valence-corrected chi connectivity index (χ0v) is 11.7. The van der Waals surface area contributed by atoms with Gasteiger partial charge in [-0.2, -0.15) is 0 Å². The molecule has 1 aliphatic carbocycles. The van der Waals surface area contributed by atoms with Crippen LogP contribution in [-0.2, 0) is 28.9 Å². The summed E-state index contributed by atoms with van der Waals surface area (Å²) in [6.45, 7) is 2.61. The summed E-state index contributed by atoms with van der Waals surface area (Å²) in [4.78, 5) is 26.5. The Labute approximate surface area is 119 Å². The summed E-state index contributed by atoms with van der Waals surface area (Å²) in [7, 11) is 0. The molecule has 2 aliphatic rings. The molecule has 2 amide bonds. The van der Waals surface area contributed by atoms with Gasteiger partial charge in [0.1, 0.15) is 0 Å². The molecule has 0 saturated carbocycles. The van der Waals surface area contributed by atoms with Gasteiger partial charge in [0.15, 0.2) is 0 Å². The number of fused-ring (bicyclic) bond motifs is 1. The molecule has 4 heteroatoms. The molecule has 0 radical (unpaired) electrons. The summed E-state index contributed by atoms with van der Waals surface area (Å²) in [5, 5.41) is 0. The van der Waals surface area contributed by atoms with Gasteiger partial charge in [-0.3, -0.25) is 9.59 Å². The highest BCUT2D eigenvalue weighted by Gasteiger charge is 2.20. The topological polar surface area (TPSA) is 40.6 Å². The standard InChI is InChI=1S/C16H20N2O2/c19-12-17-6-8-18(9-7-17)16(20)11-13-4-5-14-2-1-3-15(14)10-13/h4-5,10,12H,1-3,6-9,11H2. The van der Waals surface area contributed by atoms with Crippen molar-refractivity contribution in [2.45, 2.75) is 25.7 Å². The number of piperazine rings is 1. The maximum absolute atomic E-state index is 12.3. The molecular weight excluding hydrogens is 252 g/mol. The summed E-state index contributed by atoms with van der Waals surface area (Å²) < 4.78 is 0. The minimum Gasteiger partial charge on any atom is -0.342 e. The van der Waals surface area contributed by atoms with Crippen LogP contribution in [0.15, 0.2) is 18.2 Å². The Bertz CT molecular complexity index is 519. The molecule has 0 unspecified atom stereocenters. The lowest BCUT2D eigenvalue weighted by atomic mass is 10.0. The minimum absolute atomic E-state index is 0.175. The van der Waals surface area contributed by atoms with Crippen molar-refractivity contribution in [1.29, 1.82) is 0 Å². The van der Waals surface area contributed by atoms with E-state index in [4.69, 9.17) is 0 Å². The Morgan fingerprint density at radius 2 is 1.85 bits per heavy atom. The number of amides is 2. The highest BCUT2D eigenvalue weighted by molar-refractivity contribution is 5.79. The number of hydrogen-bond donors (Lipinski definition) is 0. The van der Waals surface area contributed by atoms with Crippen molar-refractivity contribution >= 4 is 12.3 Å². The molecule has 1 aliphatic heterocycles. The highest BCUT2D eigenvalue weighted by Crippen LogP contribution is 2.23. The van der Waals surface area contributed by atoms with E-state index in [1.165, 1.54) is 24.0 Å². The summed E-state index contributed by atoms with van der Waals surface area (Å²) in [6, 6.07) is 6.46. The van der Waals surface area contributed by atoms with Crippen LogP contribution < -0.4 is 0 Å². The van der Waals surface area contributed by atoms with E-state index >= 15 is 0 Å². The second-order valence-electron chi connectivity index (χ2n) is 5.66. The molecule has 3 rings (SSSR count). The number of rotatable bonds is 3. The third kappa shape index (κ3) is 2.69. The minimum atomic E-state index is 0.175. The SMILES string of the molecule is O=CN1CCN(C(=O)Cc2ccc3c(c2)CCC3)CC1. The predicted octanol–water partition coefficient (Wildman–Crippen LogP) is 1.02. The zero-order chi connectivity index (χ0) is 13.9. The van der Waals surface area contributed by atoms with Crippen LogP contribution in [0.4, 0.5) is 0 Å². The van der Waals surface area contributed by atoms with Crippen LogP contribution in [0.1, 0.15) is 23.1 Å². The summed E-state index contributed by atoms with van der Waals surface area (Å²) >= 11 is 0. The molecule has 0 N–H and O–H groups in total. The second kappa shape index (κ2) is 5.65. The molecule has 1 heterocycles. The monoisotopic (exact) mass is 272 g/mol. The largest absolute Gasteiger partial charge is 0.342 e.